The number of carbonyl (C=O) groups excluding carboxylic acids is 1. The average Bonchev–Trinajstić information content (AvgIpc) is 3.45. The van der Waals surface area contributed by atoms with Crippen molar-refractivity contribution in [3.63, 3.8) is 0 Å². The number of likely N-dealkylation sites (tertiary alicyclic amines) is 2. The first-order valence-corrected chi connectivity index (χ1v) is 12.1. The second-order valence-electron chi connectivity index (χ2n) is 8.41. The van der Waals surface area contributed by atoms with Crippen LogP contribution in [0.2, 0.25) is 0 Å². The monoisotopic (exact) mass is 445 g/mol. The van der Waals surface area contributed by atoms with Gasteiger partial charge in [-0.1, -0.05) is 7.43 Å². The molecule has 6 heteroatoms. The van der Waals surface area contributed by atoms with Gasteiger partial charge in [0, 0.05) is 36.9 Å². The highest BCUT2D eigenvalue weighted by molar-refractivity contribution is 7.08. The Morgan fingerprint density at radius 3 is 1.80 bits per heavy atom. The van der Waals surface area contributed by atoms with E-state index in [4.69, 9.17) is 6.57 Å². The molecule has 2 saturated heterocycles. The van der Waals surface area contributed by atoms with Crippen molar-refractivity contribution >= 4 is 28.5 Å². The molecule has 2 aromatic rings. The fourth-order valence-electron chi connectivity index (χ4n) is 4.36. The number of carbonyl (C=O) groups is 1. The maximum Gasteiger partial charge on any atom is 0.260 e. The smallest absolute Gasteiger partial charge is 0.260 e. The number of nitrogens with zero attached hydrogens (tertiary/aromatic N) is 3. The Labute approximate surface area is 190 Å². The molecule has 0 spiro atoms. The zero-order valence-electron chi connectivity index (χ0n) is 17.7. The van der Waals surface area contributed by atoms with Gasteiger partial charge < -0.3 is 14.6 Å². The summed E-state index contributed by atoms with van der Waals surface area (Å²) in [5.41, 5.74) is 2.05. The minimum atomic E-state index is -0.216. The number of rotatable bonds is 3. The maximum atomic E-state index is 11.9. The fourth-order valence-corrected chi connectivity index (χ4v) is 5.87. The van der Waals surface area contributed by atoms with Crippen molar-refractivity contribution in [3.8, 4) is 0 Å². The van der Waals surface area contributed by atoms with Gasteiger partial charge >= 0.3 is 0 Å². The van der Waals surface area contributed by atoms with Crippen LogP contribution in [0.4, 0.5) is 0 Å². The molecule has 0 aromatic carbocycles. The normalized spacial score (nSPS) is 20.9. The van der Waals surface area contributed by atoms with Gasteiger partial charge in [0.05, 0.1) is 5.41 Å². The van der Waals surface area contributed by atoms with Gasteiger partial charge in [0.25, 0.3) is 5.54 Å². The van der Waals surface area contributed by atoms with Crippen molar-refractivity contribution in [1.82, 2.24) is 9.80 Å². The van der Waals surface area contributed by atoms with E-state index in [9.17, 15) is 4.79 Å². The molecule has 0 N–H and O–H groups in total. The molecule has 0 bridgehead atoms. The van der Waals surface area contributed by atoms with Gasteiger partial charge in [0.1, 0.15) is 5.78 Å². The fraction of sp³-hybridized carbons (Fsp3) is 0.583. The highest BCUT2D eigenvalue weighted by atomic mass is 32.1. The Morgan fingerprint density at radius 2 is 1.40 bits per heavy atom. The molecule has 4 rings (SSSR count). The minimum Gasteiger partial charge on any atom is -0.306 e. The van der Waals surface area contributed by atoms with Crippen LogP contribution in [-0.4, -0.2) is 55.9 Å². The van der Waals surface area contributed by atoms with Crippen molar-refractivity contribution in [2.24, 2.45) is 0 Å². The lowest BCUT2D eigenvalue weighted by atomic mass is 9.71. The van der Waals surface area contributed by atoms with Crippen LogP contribution in [0, 0.1) is 6.57 Å². The molecule has 4 nitrogen and oxygen atoms in total. The van der Waals surface area contributed by atoms with Gasteiger partial charge in [-0.15, -0.1) is 0 Å². The number of hydrogen-bond acceptors (Lipinski definition) is 5. The standard InChI is InChI=1S/C12H17NOS.C11H14N2S.CH4/c1-10(14)12(11-3-8-15-9-11)4-6-13(2)7-5-12;1-12-11(10-3-8-14-9-10)4-6-13(2)7-5-11;/h3,8-9H,4-7H2,1-2H3;3,8-9H,4-7H2,2H3;1H4. The summed E-state index contributed by atoms with van der Waals surface area (Å²) < 4.78 is 0. The van der Waals surface area contributed by atoms with Gasteiger partial charge in [-0.3, -0.25) is 4.79 Å². The van der Waals surface area contributed by atoms with Gasteiger partial charge in [0.2, 0.25) is 0 Å². The number of thiophene rings is 2. The van der Waals surface area contributed by atoms with E-state index < -0.39 is 0 Å². The Hall–Kier alpha value is -1.52. The van der Waals surface area contributed by atoms with Crippen molar-refractivity contribution in [2.75, 3.05) is 40.3 Å². The van der Waals surface area contributed by atoms with Crippen LogP contribution >= 0.6 is 22.7 Å². The number of ketones is 1. The van der Waals surface area contributed by atoms with Crippen LogP contribution in [0.3, 0.4) is 0 Å². The first-order valence-electron chi connectivity index (χ1n) is 10.2. The quantitative estimate of drug-likeness (QED) is 0.582. The molecular weight excluding hydrogens is 410 g/mol. The Morgan fingerprint density at radius 1 is 0.933 bits per heavy atom. The lowest BCUT2D eigenvalue weighted by molar-refractivity contribution is -0.124. The van der Waals surface area contributed by atoms with Crippen LogP contribution in [0.5, 0.6) is 0 Å². The summed E-state index contributed by atoms with van der Waals surface area (Å²) in [5, 5.41) is 8.40. The molecule has 164 valence electrons. The molecule has 2 aliphatic rings. The highest BCUT2D eigenvalue weighted by Gasteiger charge is 2.42. The zero-order chi connectivity index (χ0) is 20.9. The second-order valence-corrected chi connectivity index (χ2v) is 9.97. The third-order valence-corrected chi connectivity index (χ3v) is 8.04. The van der Waals surface area contributed by atoms with E-state index in [1.807, 2.05) is 0 Å². The topological polar surface area (TPSA) is 27.9 Å². The molecule has 4 heterocycles. The first-order chi connectivity index (χ1) is 13.9. The summed E-state index contributed by atoms with van der Waals surface area (Å²) >= 11 is 3.38. The summed E-state index contributed by atoms with van der Waals surface area (Å²) in [4.78, 5) is 20.4. The lowest BCUT2D eigenvalue weighted by Crippen LogP contribution is -2.45. The van der Waals surface area contributed by atoms with E-state index in [0.29, 0.717) is 5.78 Å². The summed E-state index contributed by atoms with van der Waals surface area (Å²) in [6, 6.07) is 4.21. The molecular formula is C24H35N3OS2. The predicted octanol–water partition coefficient (Wildman–Crippen LogP) is 5.52. The minimum absolute atomic E-state index is 0. The van der Waals surface area contributed by atoms with Gasteiger partial charge in [-0.2, -0.15) is 22.7 Å². The Bertz CT molecular complexity index is 807. The van der Waals surface area contributed by atoms with E-state index in [2.05, 4.69) is 62.4 Å². The van der Waals surface area contributed by atoms with E-state index in [0.717, 1.165) is 51.9 Å². The van der Waals surface area contributed by atoms with Crippen LogP contribution in [0.15, 0.2) is 33.7 Å². The number of piperidine rings is 2. The molecule has 0 aliphatic carbocycles. The molecule has 0 saturated carbocycles. The average molecular weight is 446 g/mol. The van der Waals surface area contributed by atoms with Crippen molar-refractivity contribution < 1.29 is 4.79 Å². The molecule has 30 heavy (non-hydrogen) atoms. The Kier molecular flexibility index (Phi) is 8.81. The summed E-state index contributed by atoms with van der Waals surface area (Å²) in [6.45, 7) is 13.3. The third kappa shape index (κ3) is 5.20. The number of Topliss-reactive ketones (excluding diaryl/α,β-unsaturated/α-hetero) is 1. The summed E-state index contributed by atoms with van der Waals surface area (Å²) in [5.74, 6) is 0.328. The second kappa shape index (κ2) is 10.7. The summed E-state index contributed by atoms with van der Waals surface area (Å²) in [7, 11) is 4.25. The molecule has 0 amide bonds. The van der Waals surface area contributed by atoms with Gasteiger partial charge in [-0.25, -0.2) is 6.57 Å². The predicted molar refractivity (Wildman–Crippen MR) is 129 cm³/mol. The molecule has 0 atom stereocenters. The van der Waals surface area contributed by atoms with Crippen molar-refractivity contribution in [1.29, 1.82) is 0 Å². The lowest BCUT2D eigenvalue weighted by Gasteiger charge is -2.38. The molecule has 0 unspecified atom stereocenters. The summed E-state index contributed by atoms with van der Waals surface area (Å²) in [6.07, 6.45) is 3.89. The first kappa shape index (κ1) is 24.7. The Balaban J connectivity index is 0.000000207. The van der Waals surface area contributed by atoms with Crippen LogP contribution in [0.1, 0.15) is 51.2 Å². The maximum absolute atomic E-state index is 11.9. The highest BCUT2D eigenvalue weighted by Crippen LogP contribution is 2.38. The third-order valence-electron chi connectivity index (χ3n) is 6.68. The van der Waals surface area contributed by atoms with E-state index >= 15 is 0 Å². The van der Waals surface area contributed by atoms with Gasteiger partial charge in [-0.05, 0) is 80.8 Å². The zero-order valence-corrected chi connectivity index (χ0v) is 19.3. The SMILES string of the molecule is C.CC(=O)C1(c2ccsc2)CCN(C)CC1.[C-]#[N+]C1(c2ccsc2)CCN(C)CC1. The van der Waals surface area contributed by atoms with E-state index in [1.165, 1.54) is 11.1 Å². The molecule has 0 radical (unpaired) electrons. The number of hydrogen-bond donors (Lipinski definition) is 0. The van der Waals surface area contributed by atoms with Crippen LogP contribution in [0.25, 0.3) is 4.85 Å². The van der Waals surface area contributed by atoms with Crippen LogP contribution in [-0.2, 0) is 15.7 Å². The van der Waals surface area contributed by atoms with Crippen molar-refractivity contribution in [3.05, 3.63) is 56.2 Å². The van der Waals surface area contributed by atoms with E-state index in [-0.39, 0.29) is 18.4 Å². The molecule has 2 fully saturated rings. The van der Waals surface area contributed by atoms with Crippen molar-refractivity contribution in [2.45, 2.75) is 51.0 Å². The molecule has 2 aliphatic heterocycles. The van der Waals surface area contributed by atoms with Gasteiger partial charge in [0.15, 0.2) is 0 Å². The molecule has 2 aromatic heterocycles. The largest absolute Gasteiger partial charge is 0.306 e. The van der Waals surface area contributed by atoms with E-state index in [1.54, 1.807) is 29.6 Å². The van der Waals surface area contributed by atoms with Crippen LogP contribution < -0.4 is 0 Å².